The van der Waals surface area contributed by atoms with Gasteiger partial charge in [0.1, 0.15) is 11.9 Å². The largest absolute Gasteiger partial charge is 0.486 e. The first kappa shape index (κ1) is 9.34. The Morgan fingerprint density at radius 1 is 1.43 bits per heavy atom. The molecule has 3 nitrogen and oxygen atoms in total. The van der Waals surface area contributed by atoms with E-state index in [0.717, 1.165) is 18.0 Å². The maximum Gasteiger partial charge on any atom is 0.144 e. The summed E-state index contributed by atoms with van der Waals surface area (Å²) >= 11 is 0. The van der Waals surface area contributed by atoms with Crippen LogP contribution in [-0.4, -0.2) is 12.6 Å². The minimum atomic E-state index is 0.190. The summed E-state index contributed by atoms with van der Waals surface area (Å²) in [5.41, 5.74) is 0.976. The van der Waals surface area contributed by atoms with Gasteiger partial charge in [-0.1, -0.05) is 26.0 Å². The molecule has 0 radical (unpaired) electrons. The van der Waals surface area contributed by atoms with Crippen molar-refractivity contribution in [3.05, 3.63) is 24.3 Å². The van der Waals surface area contributed by atoms with E-state index in [1.54, 1.807) is 5.01 Å². The maximum atomic E-state index is 5.93. The molecule has 0 amide bonds. The van der Waals surface area contributed by atoms with Crippen LogP contribution < -0.4 is 15.6 Å². The van der Waals surface area contributed by atoms with Crippen molar-refractivity contribution in [3.8, 4) is 5.75 Å². The van der Waals surface area contributed by atoms with Crippen LogP contribution in [-0.2, 0) is 0 Å². The number of hydrazine groups is 1. The highest BCUT2D eigenvalue weighted by molar-refractivity contribution is 5.58. The van der Waals surface area contributed by atoms with Gasteiger partial charge in [-0.25, -0.2) is 5.84 Å². The molecule has 0 saturated heterocycles. The number of fused-ring (bicyclic) bond motifs is 1. The summed E-state index contributed by atoms with van der Waals surface area (Å²) in [6, 6.07) is 7.88. The molecule has 3 heteroatoms. The Morgan fingerprint density at radius 3 is 2.86 bits per heavy atom. The van der Waals surface area contributed by atoms with Gasteiger partial charge in [0, 0.05) is 0 Å². The van der Waals surface area contributed by atoms with E-state index < -0.39 is 0 Å². The van der Waals surface area contributed by atoms with E-state index in [1.807, 2.05) is 24.3 Å². The van der Waals surface area contributed by atoms with Crippen LogP contribution >= 0.6 is 0 Å². The Bertz CT molecular complexity index is 325. The van der Waals surface area contributed by atoms with E-state index in [1.165, 1.54) is 0 Å². The Balaban J connectivity index is 2.29. The van der Waals surface area contributed by atoms with Gasteiger partial charge in [-0.15, -0.1) is 0 Å². The highest BCUT2D eigenvalue weighted by Gasteiger charge is 2.25. The lowest BCUT2D eigenvalue weighted by atomic mass is 10.1. The van der Waals surface area contributed by atoms with Crippen LogP contribution in [0.5, 0.6) is 5.75 Å². The molecule has 1 heterocycles. The van der Waals surface area contributed by atoms with Gasteiger partial charge in [-0.05, 0) is 18.1 Å². The predicted molar refractivity (Wildman–Crippen MR) is 57.2 cm³/mol. The number of para-hydroxylation sites is 2. The fourth-order valence-corrected chi connectivity index (χ4v) is 1.63. The predicted octanol–water partition coefficient (Wildman–Crippen LogP) is 1.78. The van der Waals surface area contributed by atoms with Crippen molar-refractivity contribution in [2.24, 2.45) is 11.8 Å². The minimum absolute atomic E-state index is 0.190. The first-order valence-corrected chi connectivity index (χ1v) is 4.96. The molecule has 1 aromatic carbocycles. The molecule has 1 aromatic rings. The molecular formula is C11H16N2O. The van der Waals surface area contributed by atoms with E-state index in [4.69, 9.17) is 10.6 Å². The van der Waals surface area contributed by atoms with Crippen LogP contribution in [0.15, 0.2) is 24.3 Å². The normalized spacial score (nSPS) is 20.6. The molecule has 14 heavy (non-hydrogen) atoms. The van der Waals surface area contributed by atoms with E-state index >= 15 is 0 Å². The third-order valence-electron chi connectivity index (χ3n) is 2.57. The summed E-state index contributed by atoms with van der Waals surface area (Å²) in [7, 11) is 0. The number of hydrogen-bond donors (Lipinski definition) is 1. The molecule has 1 aliphatic rings. The van der Waals surface area contributed by atoms with Crippen molar-refractivity contribution in [1.82, 2.24) is 0 Å². The molecule has 0 fully saturated rings. The van der Waals surface area contributed by atoms with Gasteiger partial charge in [0.2, 0.25) is 0 Å². The molecule has 0 aromatic heterocycles. The van der Waals surface area contributed by atoms with Gasteiger partial charge in [0.25, 0.3) is 0 Å². The number of hydrogen-bond acceptors (Lipinski definition) is 3. The standard InChI is InChI=1S/C11H16N2O/c1-8(2)11-7-13(12)9-5-3-4-6-10(9)14-11/h3-6,8,11H,7,12H2,1-2H3. The van der Waals surface area contributed by atoms with E-state index in [2.05, 4.69) is 13.8 Å². The van der Waals surface area contributed by atoms with Crippen molar-refractivity contribution in [1.29, 1.82) is 0 Å². The molecule has 76 valence electrons. The summed E-state index contributed by atoms with van der Waals surface area (Å²) in [6.07, 6.45) is 0.190. The first-order valence-electron chi connectivity index (χ1n) is 4.96. The molecule has 1 atom stereocenters. The minimum Gasteiger partial charge on any atom is -0.486 e. The number of benzene rings is 1. The van der Waals surface area contributed by atoms with Crippen LogP contribution in [0.2, 0.25) is 0 Å². The molecule has 0 aliphatic carbocycles. The Morgan fingerprint density at radius 2 is 2.14 bits per heavy atom. The van der Waals surface area contributed by atoms with Crippen LogP contribution in [0.25, 0.3) is 0 Å². The second-order valence-corrected chi connectivity index (χ2v) is 4.02. The Hall–Kier alpha value is -1.22. The van der Waals surface area contributed by atoms with Crippen molar-refractivity contribution in [2.45, 2.75) is 20.0 Å². The van der Waals surface area contributed by atoms with Gasteiger partial charge in [-0.2, -0.15) is 0 Å². The zero-order valence-corrected chi connectivity index (χ0v) is 8.60. The van der Waals surface area contributed by atoms with Crippen LogP contribution in [0.4, 0.5) is 5.69 Å². The second-order valence-electron chi connectivity index (χ2n) is 4.02. The SMILES string of the molecule is CC(C)C1CN(N)c2ccccc2O1. The number of nitrogens with two attached hydrogens (primary N) is 1. The molecule has 1 unspecified atom stereocenters. The van der Waals surface area contributed by atoms with Crippen LogP contribution in [0.1, 0.15) is 13.8 Å². The van der Waals surface area contributed by atoms with E-state index in [9.17, 15) is 0 Å². The monoisotopic (exact) mass is 192 g/mol. The number of rotatable bonds is 1. The highest BCUT2D eigenvalue weighted by atomic mass is 16.5. The molecule has 0 spiro atoms. The quantitative estimate of drug-likeness (QED) is 0.689. The van der Waals surface area contributed by atoms with Crippen molar-refractivity contribution in [2.75, 3.05) is 11.6 Å². The highest BCUT2D eigenvalue weighted by Crippen LogP contribution is 2.32. The molecule has 2 N–H and O–H groups in total. The Kier molecular flexibility index (Phi) is 2.33. The first-order chi connectivity index (χ1) is 6.68. The zero-order chi connectivity index (χ0) is 10.1. The summed E-state index contributed by atoms with van der Waals surface area (Å²) in [5, 5.41) is 1.77. The molecular weight excluding hydrogens is 176 g/mol. The third kappa shape index (κ3) is 1.55. The van der Waals surface area contributed by atoms with Gasteiger partial charge >= 0.3 is 0 Å². The zero-order valence-electron chi connectivity index (χ0n) is 8.60. The number of ether oxygens (including phenoxy) is 1. The maximum absolute atomic E-state index is 5.93. The summed E-state index contributed by atoms with van der Waals surface area (Å²) in [5.74, 6) is 7.30. The third-order valence-corrected chi connectivity index (χ3v) is 2.57. The van der Waals surface area contributed by atoms with Gasteiger partial charge in [-0.3, -0.25) is 0 Å². The van der Waals surface area contributed by atoms with Crippen LogP contribution in [0, 0.1) is 5.92 Å². The summed E-state index contributed by atoms with van der Waals surface area (Å²) in [6.45, 7) is 5.05. The number of nitrogens with zero attached hydrogens (tertiary/aromatic N) is 1. The Labute approximate surface area is 84.4 Å². The lowest BCUT2D eigenvalue weighted by molar-refractivity contribution is 0.146. The lowest BCUT2D eigenvalue weighted by Gasteiger charge is -2.35. The van der Waals surface area contributed by atoms with E-state index in [-0.39, 0.29) is 6.10 Å². The average molecular weight is 192 g/mol. The molecule has 2 rings (SSSR count). The van der Waals surface area contributed by atoms with Crippen LogP contribution in [0.3, 0.4) is 0 Å². The van der Waals surface area contributed by atoms with Crippen molar-refractivity contribution < 1.29 is 4.74 Å². The molecule has 1 aliphatic heterocycles. The topological polar surface area (TPSA) is 38.5 Å². The van der Waals surface area contributed by atoms with Gasteiger partial charge in [0.15, 0.2) is 0 Å². The van der Waals surface area contributed by atoms with Gasteiger partial charge in [0.05, 0.1) is 12.2 Å². The molecule has 0 bridgehead atoms. The average Bonchev–Trinajstić information content (AvgIpc) is 2.17. The summed E-state index contributed by atoms with van der Waals surface area (Å²) < 4.78 is 5.84. The number of anilines is 1. The van der Waals surface area contributed by atoms with Gasteiger partial charge < -0.3 is 9.75 Å². The van der Waals surface area contributed by atoms with E-state index in [0.29, 0.717) is 5.92 Å². The second kappa shape index (κ2) is 3.50. The lowest BCUT2D eigenvalue weighted by Crippen LogP contribution is -2.46. The van der Waals surface area contributed by atoms with Crippen molar-refractivity contribution >= 4 is 5.69 Å². The summed E-state index contributed by atoms with van der Waals surface area (Å²) in [4.78, 5) is 0. The fraction of sp³-hybridized carbons (Fsp3) is 0.455. The van der Waals surface area contributed by atoms with Crippen molar-refractivity contribution in [3.63, 3.8) is 0 Å². The smallest absolute Gasteiger partial charge is 0.144 e. The fourth-order valence-electron chi connectivity index (χ4n) is 1.63. The molecule has 0 saturated carbocycles.